The van der Waals surface area contributed by atoms with Crippen LogP contribution in [0.1, 0.15) is 12.6 Å². The van der Waals surface area contributed by atoms with Crippen LogP contribution in [0.15, 0.2) is 47.1 Å². The average Bonchev–Trinajstić information content (AvgIpc) is 2.39. The molecule has 6 nitrogen and oxygen atoms in total. The highest BCUT2D eigenvalue weighted by Crippen LogP contribution is 2.14. The molecule has 0 saturated heterocycles. The second-order valence-corrected chi connectivity index (χ2v) is 3.85. The number of nitrogens with zero attached hydrogens (tertiary/aromatic N) is 3. The Balaban J connectivity index is 3.16. The fourth-order valence-electron chi connectivity index (χ4n) is 1.43. The van der Waals surface area contributed by atoms with Crippen LogP contribution in [0, 0.1) is 0 Å². The van der Waals surface area contributed by atoms with Crippen LogP contribution in [0.5, 0.6) is 0 Å². The third-order valence-electron chi connectivity index (χ3n) is 2.49. The predicted molar refractivity (Wildman–Crippen MR) is 79.1 cm³/mol. The van der Waals surface area contributed by atoms with Gasteiger partial charge in [0, 0.05) is 18.3 Å². The van der Waals surface area contributed by atoms with Gasteiger partial charge < -0.3 is 17.2 Å². The zero-order valence-corrected chi connectivity index (χ0v) is 11.1. The van der Waals surface area contributed by atoms with Crippen LogP contribution in [0.25, 0.3) is 5.57 Å². The third kappa shape index (κ3) is 3.67. The maximum atomic E-state index is 5.97. The van der Waals surface area contributed by atoms with Crippen LogP contribution < -0.4 is 17.2 Å². The van der Waals surface area contributed by atoms with Crippen molar-refractivity contribution in [2.24, 2.45) is 16.5 Å². The lowest BCUT2D eigenvalue weighted by Crippen LogP contribution is -2.17. The largest absolute Gasteiger partial charge is 0.398 e. The fourth-order valence-corrected chi connectivity index (χ4v) is 1.43. The van der Waals surface area contributed by atoms with Crippen LogP contribution in [-0.2, 0) is 0 Å². The summed E-state index contributed by atoms with van der Waals surface area (Å²) in [5.74, 6) is 0.703. The molecule has 0 aliphatic carbocycles. The van der Waals surface area contributed by atoms with E-state index in [9.17, 15) is 0 Å². The van der Waals surface area contributed by atoms with Gasteiger partial charge in [-0.15, -0.1) is 10.2 Å². The summed E-state index contributed by atoms with van der Waals surface area (Å²) < 4.78 is 0. The number of nitrogen functional groups attached to an aromatic ring is 1. The maximum Gasteiger partial charge on any atom is 0.146 e. The molecule has 0 amide bonds. The predicted octanol–water partition coefficient (Wildman–Crippen LogP) is 0.848. The summed E-state index contributed by atoms with van der Waals surface area (Å²) in [7, 11) is 1.59. The Morgan fingerprint density at radius 2 is 2.00 bits per heavy atom. The topological polar surface area (TPSA) is 116 Å². The minimum absolute atomic E-state index is 0.333. The van der Waals surface area contributed by atoms with E-state index >= 15 is 0 Å². The highest BCUT2D eigenvalue weighted by atomic mass is 15.1. The highest BCUT2D eigenvalue weighted by Gasteiger charge is 2.04. The van der Waals surface area contributed by atoms with Gasteiger partial charge in [-0.25, -0.2) is 0 Å². The van der Waals surface area contributed by atoms with Gasteiger partial charge in [-0.05, 0) is 30.7 Å². The van der Waals surface area contributed by atoms with Crippen molar-refractivity contribution in [1.82, 2.24) is 10.2 Å². The Labute approximate surface area is 112 Å². The molecule has 1 heterocycles. The number of aromatic nitrogens is 2. The van der Waals surface area contributed by atoms with E-state index in [-0.39, 0.29) is 0 Å². The Bertz CT molecular complexity index is 551. The quantitative estimate of drug-likeness (QED) is 0.420. The van der Waals surface area contributed by atoms with Crippen LogP contribution in [0.4, 0.5) is 5.82 Å². The first-order chi connectivity index (χ1) is 8.99. The summed E-state index contributed by atoms with van der Waals surface area (Å²) in [6.45, 7) is 5.54. The number of anilines is 1. The van der Waals surface area contributed by atoms with E-state index in [0.717, 1.165) is 5.57 Å². The molecule has 19 heavy (non-hydrogen) atoms. The molecule has 0 spiro atoms. The number of hydrogen-bond donors (Lipinski definition) is 3. The van der Waals surface area contributed by atoms with Crippen molar-refractivity contribution < 1.29 is 0 Å². The SMILES string of the molecule is C=C/C(C(N)=NC)=C(N)\C=C(/C)c1ccc(N)nn1. The van der Waals surface area contributed by atoms with Gasteiger partial charge in [0.1, 0.15) is 11.7 Å². The summed E-state index contributed by atoms with van der Waals surface area (Å²) in [5, 5.41) is 7.76. The van der Waals surface area contributed by atoms with E-state index in [4.69, 9.17) is 17.2 Å². The lowest BCUT2D eigenvalue weighted by Gasteiger charge is -2.05. The van der Waals surface area contributed by atoms with Gasteiger partial charge in [0.2, 0.25) is 0 Å². The number of aliphatic imine (C=N–C) groups is 1. The van der Waals surface area contributed by atoms with Gasteiger partial charge in [0.15, 0.2) is 0 Å². The summed E-state index contributed by atoms with van der Waals surface area (Å²) in [4.78, 5) is 3.88. The van der Waals surface area contributed by atoms with Gasteiger partial charge in [-0.1, -0.05) is 12.7 Å². The molecule has 0 fully saturated rings. The van der Waals surface area contributed by atoms with Crippen molar-refractivity contribution in [1.29, 1.82) is 0 Å². The first-order valence-corrected chi connectivity index (χ1v) is 5.62. The molecule has 6 heteroatoms. The molecule has 1 rings (SSSR count). The monoisotopic (exact) mass is 258 g/mol. The van der Waals surface area contributed by atoms with Crippen molar-refractivity contribution in [2.75, 3.05) is 12.8 Å². The molecule has 0 aliphatic rings. The molecule has 0 unspecified atom stereocenters. The van der Waals surface area contributed by atoms with E-state index in [2.05, 4.69) is 21.8 Å². The van der Waals surface area contributed by atoms with Gasteiger partial charge in [0.25, 0.3) is 0 Å². The summed E-state index contributed by atoms with van der Waals surface area (Å²) >= 11 is 0. The molecular formula is C13H18N6. The van der Waals surface area contributed by atoms with Crippen LogP contribution in [0.2, 0.25) is 0 Å². The van der Waals surface area contributed by atoms with Crippen molar-refractivity contribution in [3.63, 3.8) is 0 Å². The van der Waals surface area contributed by atoms with Gasteiger partial charge >= 0.3 is 0 Å². The lowest BCUT2D eigenvalue weighted by atomic mass is 10.1. The standard InChI is InChI=1S/C13H18N6/c1-4-9(13(16)17-3)10(14)7-8(2)11-5-6-12(15)19-18-11/h4-7H,1,14H2,2-3H3,(H2,15,19)(H2,16,17)/b8-7+,10-9-. The second kappa shape index (κ2) is 6.34. The number of rotatable bonds is 4. The van der Waals surface area contributed by atoms with E-state index in [0.29, 0.717) is 28.6 Å². The zero-order valence-electron chi connectivity index (χ0n) is 11.1. The lowest BCUT2D eigenvalue weighted by molar-refractivity contribution is 1.02. The van der Waals surface area contributed by atoms with Crippen LogP contribution >= 0.6 is 0 Å². The minimum Gasteiger partial charge on any atom is -0.398 e. The van der Waals surface area contributed by atoms with E-state index < -0.39 is 0 Å². The first-order valence-electron chi connectivity index (χ1n) is 5.62. The highest BCUT2D eigenvalue weighted by molar-refractivity contribution is 6.00. The zero-order chi connectivity index (χ0) is 14.4. The number of hydrogen-bond acceptors (Lipinski definition) is 5. The average molecular weight is 258 g/mol. The van der Waals surface area contributed by atoms with Crippen LogP contribution in [-0.4, -0.2) is 23.1 Å². The summed E-state index contributed by atoms with van der Waals surface area (Å²) in [6.07, 6.45) is 3.31. The minimum atomic E-state index is 0.333. The van der Waals surface area contributed by atoms with E-state index in [1.807, 2.05) is 6.92 Å². The van der Waals surface area contributed by atoms with Crippen molar-refractivity contribution in [3.8, 4) is 0 Å². The maximum absolute atomic E-state index is 5.97. The Hall–Kier alpha value is -2.63. The second-order valence-electron chi connectivity index (χ2n) is 3.85. The third-order valence-corrected chi connectivity index (χ3v) is 2.49. The molecule has 0 saturated carbocycles. The molecule has 100 valence electrons. The molecule has 0 aliphatic heterocycles. The van der Waals surface area contributed by atoms with Crippen molar-refractivity contribution >= 4 is 17.2 Å². The van der Waals surface area contributed by atoms with Gasteiger partial charge in [-0.2, -0.15) is 0 Å². The molecule has 0 bridgehead atoms. The van der Waals surface area contributed by atoms with Gasteiger partial charge in [0.05, 0.1) is 5.69 Å². The van der Waals surface area contributed by atoms with E-state index in [1.165, 1.54) is 0 Å². The number of nitrogens with two attached hydrogens (primary N) is 3. The number of amidine groups is 1. The smallest absolute Gasteiger partial charge is 0.146 e. The molecule has 1 aromatic rings. The normalized spacial score (nSPS) is 14.0. The van der Waals surface area contributed by atoms with Gasteiger partial charge in [-0.3, -0.25) is 4.99 Å². The van der Waals surface area contributed by atoms with Crippen LogP contribution in [0.3, 0.4) is 0 Å². The molecular weight excluding hydrogens is 240 g/mol. The van der Waals surface area contributed by atoms with Crippen molar-refractivity contribution in [2.45, 2.75) is 6.92 Å². The number of allylic oxidation sites excluding steroid dienone is 2. The fraction of sp³-hybridized carbons (Fsp3) is 0.154. The summed E-state index contributed by atoms with van der Waals surface area (Å²) in [5.41, 5.74) is 19.8. The first kappa shape index (κ1) is 14.4. The van der Waals surface area contributed by atoms with Crippen molar-refractivity contribution in [3.05, 3.63) is 47.8 Å². The Morgan fingerprint density at radius 1 is 1.32 bits per heavy atom. The van der Waals surface area contributed by atoms with E-state index in [1.54, 1.807) is 31.3 Å². The Kier molecular flexibility index (Phi) is 4.82. The molecule has 1 aromatic heterocycles. The molecule has 0 atom stereocenters. The molecule has 0 radical (unpaired) electrons. The molecule has 6 N–H and O–H groups in total. The summed E-state index contributed by atoms with van der Waals surface area (Å²) in [6, 6.07) is 3.45. The molecule has 0 aromatic carbocycles. The Morgan fingerprint density at radius 3 is 2.47 bits per heavy atom.